The highest BCUT2D eigenvalue weighted by Gasteiger charge is 2.09. The van der Waals surface area contributed by atoms with Crippen molar-refractivity contribution in [1.29, 1.82) is 0 Å². The Labute approximate surface area is 120 Å². The first-order valence-corrected chi connectivity index (χ1v) is 6.24. The quantitative estimate of drug-likeness (QED) is 0.810. The van der Waals surface area contributed by atoms with Gasteiger partial charge in [-0.25, -0.2) is 8.78 Å². The molecule has 0 spiro atoms. The molecule has 0 heterocycles. The number of hydrogen-bond acceptors (Lipinski definition) is 3. The van der Waals surface area contributed by atoms with Crippen LogP contribution >= 0.6 is 0 Å². The van der Waals surface area contributed by atoms with Crippen LogP contribution in [0.15, 0.2) is 36.4 Å². The second-order valence-corrected chi connectivity index (χ2v) is 4.52. The molecular formula is C15H14F2N2O2. The molecule has 1 amide bonds. The van der Waals surface area contributed by atoms with Crippen LogP contribution in [-0.4, -0.2) is 11.0 Å². The number of rotatable bonds is 4. The van der Waals surface area contributed by atoms with Gasteiger partial charge in [0.15, 0.2) is 17.4 Å². The minimum Gasteiger partial charge on any atom is -0.503 e. The third-order valence-electron chi connectivity index (χ3n) is 2.76. The molecule has 3 N–H and O–H groups in total. The zero-order valence-corrected chi connectivity index (χ0v) is 11.3. The van der Waals surface area contributed by atoms with E-state index < -0.39 is 17.4 Å². The first-order valence-electron chi connectivity index (χ1n) is 6.24. The van der Waals surface area contributed by atoms with Crippen LogP contribution in [0.1, 0.15) is 12.5 Å². The summed E-state index contributed by atoms with van der Waals surface area (Å²) < 4.78 is 26.4. The number of hydrogen-bond donors (Lipinski definition) is 3. The first-order chi connectivity index (χ1) is 9.95. The van der Waals surface area contributed by atoms with E-state index >= 15 is 0 Å². The Hall–Kier alpha value is -2.63. The van der Waals surface area contributed by atoms with E-state index in [1.54, 1.807) is 24.3 Å². The molecule has 0 saturated heterocycles. The van der Waals surface area contributed by atoms with Crippen molar-refractivity contribution in [2.45, 2.75) is 13.5 Å². The average molecular weight is 292 g/mol. The molecule has 21 heavy (non-hydrogen) atoms. The number of benzene rings is 2. The van der Waals surface area contributed by atoms with E-state index in [-0.39, 0.29) is 12.5 Å². The Morgan fingerprint density at radius 3 is 2.38 bits per heavy atom. The van der Waals surface area contributed by atoms with Gasteiger partial charge in [0.05, 0.1) is 0 Å². The molecule has 110 valence electrons. The third kappa shape index (κ3) is 3.92. The average Bonchev–Trinajstić information content (AvgIpc) is 2.42. The van der Waals surface area contributed by atoms with E-state index in [0.717, 1.165) is 12.1 Å². The van der Waals surface area contributed by atoms with E-state index in [0.29, 0.717) is 16.9 Å². The van der Waals surface area contributed by atoms with E-state index in [1.807, 2.05) is 0 Å². The number of amides is 1. The van der Waals surface area contributed by atoms with E-state index in [4.69, 9.17) is 5.11 Å². The molecule has 0 aliphatic heterocycles. The SMILES string of the molecule is CC(=O)Nc1cccc(NCc2cc(F)c(O)c(F)c2)c1. The lowest BCUT2D eigenvalue weighted by atomic mass is 10.2. The van der Waals surface area contributed by atoms with Gasteiger partial charge in [-0.05, 0) is 35.9 Å². The minimum absolute atomic E-state index is 0.178. The monoisotopic (exact) mass is 292 g/mol. The number of halogens is 2. The normalized spacial score (nSPS) is 10.2. The number of carbonyl (C=O) groups excluding carboxylic acids is 1. The molecule has 0 aliphatic rings. The number of carbonyl (C=O) groups is 1. The maximum Gasteiger partial charge on any atom is 0.221 e. The van der Waals surface area contributed by atoms with Crippen molar-refractivity contribution in [2.24, 2.45) is 0 Å². The molecule has 0 radical (unpaired) electrons. The molecule has 2 aromatic rings. The standard InChI is InChI=1S/C15H14F2N2O2/c1-9(20)19-12-4-2-3-11(7-12)18-8-10-5-13(16)15(21)14(17)6-10/h2-7,18,21H,8H2,1H3,(H,19,20). The molecule has 6 heteroatoms. The van der Waals surface area contributed by atoms with Crippen LogP contribution in [0.5, 0.6) is 5.75 Å². The van der Waals surface area contributed by atoms with Gasteiger partial charge < -0.3 is 15.7 Å². The van der Waals surface area contributed by atoms with Crippen LogP contribution < -0.4 is 10.6 Å². The predicted octanol–water partition coefficient (Wildman–Crippen LogP) is 3.24. The molecule has 0 atom stereocenters. The van der Waals surface area contributed by atoms with Crippen molar-refractivity contribution in [3.63, 3.8) is 0 Å². The summed E-state index contributed by atoms with van der Waals surface area (Å²) in [6.45, 7) is 1.58. The van der Waals surface area contributed by atoms with Gasteiger partial charge in [-0.15, -0.1) is 0 Å². The summed E-state index contributed by atoms with van der Waals surface area (Å²) in [5, 5.41) is 14.6. The topological polar surface area (TPSA) is 61.4 Å². The Morgan fingerprint density at radius 1 is 1.14 bits per heavy atom. The van der Waals surface area contributed by atoms with Crippen LogP contribution in [0.25, 0.3) is 0 Å². The van der Waals surface area contributed by atoms with Gasteiger partial charge in [-0.1, -0.05) is 6.07 Å². The number of aromatic hydroxyl groups is 1. The maximum absolute atomic E-state index is 13.2. The van der Waals surface area contributed by atoms with Crippen molar-refractivity contribution < 1.29 is 18.7 Å². The molecular weight excluding hydrogens is 278 g/mol. The highest BCUT2D eigenvalue weighted by atomic mass is 19.1. The van der Waals surface area contributed by atoms with Crippen molar-refractivity contribution in [3.8, 4) is 5.75 Å². The fourth-order valence-corrected chi connectivity index (χ4v) is 1.83. The molecule has 0 fully saturated rings. The predicted molar refractivity (Wildman–Crippen MR) is 76.1 cm³/mol. The van der Waals surface area contributed by atoms with Crippen LogP contribution in [0.3, 0.4) is 0 Å². The van der Waals surface area contributed by atoms with Gasteiger partial charge in [-0.2, -0.15) is 0 Å². The second kappa shape index (κ2) is 6.21. The van der Waals surface area contributed by atoms with Crippen molar-refractivity contribution >= 4 is 17.3 Å². The molecule has 0 aromatic heterocycles. The van der Waals surface area contributed by atoms with Gasteiger partial charge >= 0.3 is 0 Å². The van der Waals surface area contributed by atoms with Crippen LogP contribution in [0.2, 0.25) is 0 Å². The zero-order valence-electron chi connectivity index (χ0n) is 11.3. The summed E-state index contributed by atoms with van der Waals surface area (Å²) in [5.41, 5.74) is 1.67. The van der Waals surface area contributed by atoms with Gasteiger partial charge in [0.1, 0.15) is 0 Å². The smallest absolute Gasteiger partial charge is 0.221 e. The maximum atomic E-state index is 13.2. The molecule has 2 rings (SSSR count). The summed E-state index contributed by atoms with van der Waals surface area (Å²) in [7, 11) is 0. The minimum atomic E-state index is -1.00. The zero-order chi connectivity index (χ0) is 15.4. The van der Waals surface area contributed by atoms with Gasteiger partial charge in [0, 0.05) is 24.8 Å². The number of anilines is 2. The largest absolute Gasteiger partial charge is 0.503 e. The van der Waals surface area contributed by atoms with Gasteiger partial charge in [0.2, 0.25) is 5.91 Å². The lowest BCUT2D eigenvalue weighted by Gasteiger charge is -2.09. The van der Waals surface area contributed by atoms with E-state index in [9.17, 15) is 13.6 Å². The van der Waals surface area contributed by atoms with Crippen LogP contribution in [-0.2, 0) is 11.3 Å². The van der Waals surface area contributed by atoms with Crippen LogP contribution in [0.4, 0.5) is 20.2 Å². The van der Waals surface area contributed by atoms with E-state index in [2.05, 4.69) is 10.6 Å². The number of phenols is 1. The first kappa shape index (κ1) is 14.8. The second-order valence-electron chi connectivity index (χ2n) is 4.52. The molecule has 0 saturated carbocycles. The molecule has 0 unspecified atom stereocenters. The summed E-state index contributed by atoms with van der Waals surface area (Å²) in [6, 6.07) is 9.05. The summed E-state index contributed by atoms with van der Waals surface area (Å²) in [4.78, 5) is 11.0. The number of phenolic OH excluding ortho intramolecular Hbond substituents is 1. The molecule has 0 bridgehead atoms. The fraction of sp³-hybridized carbons (Fsp3) is 0.133. The Morgan fingerprint density at radius 2 is 1.76 bits per heavy atom. The van der Waals surface area contributed by atoms with E-state index in [1.165, 1.54) is 6.92 Å². The highest BCUT2D eigenvalue weighted by Crippen LogP contribution is 2.22. The van der Waals surface area contributed by atoms with Gasteiger partial charge in [0.25, 0.3) is 0 Å². The summed E-state index contributed by atoms with van der Waals surface area (Å²) >= 11 is 0. The lowest BCUT2D eigenvalue weighted by Crippen LogP contribution is -2.06. The Balaban J connectivity index is 2.08. The van der Waals surface area contributed by atoms with Crippen molar-refractivity contribution in [1.82, 2.24) is 0 Å². The Kier molecular flexibility index (Phi) is 4.37. The van der Waals surface area contributed by atoms with Gasteiger partial charge in [-0.3, -0.25) is 4.79 Å². The Bertz CT molecular complexity index is 651. The summed E-state index contributed by atoms with van der Waals surface area (Å²) in [6.07, 6.45) is 0. The van der Waals surface area contributed by atoms with Crippen molar-refractivity contribution in [3.05, 3.63) is 53.6 Å². The van der Waals surface area contributed by atoms with Crippen molar-refractivity contribution in [2.75, 3.05) is 10.6 Å². The molecule has 2 aromatic carbocycles. The van der Waals surface area contributed by atoms with Crippen LogP contribution in [0, 0.1) is 11.6 Å². The number of nitrogens with one attached hydrogen (secondary N) is 2. The highest BCUT2D eigenvalue weighted by molar-refractivity contribution is 5.89. The lowest BCUT2D eigenvalue weighted by molar-refractivity contribution is -0.114. The summed E-state index contributed by atoms with van der Waals surface area (Å²) in [5.74, 6) is -3.17. The third-order valence-corrected chi connectivity index (χ3v) is 2.76. The molecule has 4 nitrogen and oxygen atoms in total. The fourth-order valence-electron chi connectivity index (χ4n) is 1.83. The molecule has 0 aliphatic carbocycles.